The lowest BCUT2D eigenvalue weighted by molar-refractivity contribution is -0.128. The zero-order chi connectivity index (χ0) is 10.1. The molecule has 3 atom stereocenters. The van der Waals surface area contributed by atoms with E-state index in [1.165, 1.54) is 0 Å². The van der Waals surface area contributed by atoms with Gasteiger partial charge in [-0.25, -0.2) is 0 Å². The standard InChI is InChI=1S/C9H17N3OS/c1-14-8-5-11-4-7(8)12-3-2-6(12)9(10)13/h6-8,11H,2-5H2,1H3,(H2,10,13). The van der Waals surface area contributed by atoms with Gasteiger partial charge in [0.1, 0.15) is 0 Å². The minimum atomic E-state index is -0.164. The van der Waals surface area contributed by atoms with Crippen LogP contribution in [0.5, 0.6) is 0 Å². The van der Waals surface area contributed by atoms with Crippen molar-refractivity contribution in [2.24, 2.45) is 5.73 Å². The molecule has 2 aliphatic rings. The lowest BCUT2D eigenvalue weighted by Gasteiger charge is -2.44. The van der Waals surface area contributed by atoms with Crippen LogP contribution in [0.3, 0.4) is 0 Å². The molecule has 4 nitrogen and oxygen atoms in total. The van der Waals surface area contributed by atoms with Gasteiger partial charge in [-0.3, -0.25) is 9.69 Å². The zero-order valence-electron chi connectivity index (χ0n) is 8.40. The lowest BCUT2D eigenvalue weighted by Crippen LogP contribution is -2.61. The molecule has 2 aliphatic heterocycles. The van der Waals surface area contributed by atoms with Gasteiger partial charge in [-0.2, -0.15) is 11.8 Å². The maximum absolute atomic E-state index is 11.1. The number of nitrogens with two attached hydrogens (primary N) is 1. The van der Waals surface area contributed by atoms with Gasteiger partial charge in [-0.15, -0.1) is 0 Å². The van der Waals surface area contributed by atoms with Crippen LogP contribution < -0.4 is 11.1 Å². The summed E-state index contributed by atoms with van der Waals surface area (Å²) in [6, 6.07) is 0.491. The fourth-order valence-electron chi connectivity index (χ4n) is 2.32. The van der Waals surface area contributed by atoms with E-state index in [1.807, 2.05) is 11.8 Å². The Bertz CT molecular complexity index is 236. The topological polar surface area (TPSA) is 58.4 Å². The van der Waals surface area contributed by atoms with E-state index >= 15 is 0 Å². The first-order valence-corrected chi connectivity index (χ1v) is 6.31. The molecule has 3 unspecified atom stereocenters. The highest BCUT2D eigenvalue weighted by Gasteiger charge is 2.42. The van der Waals surface area contributed by atoms with Crippen LogP contribution in [0, 0.1) is 0 Å². The summed E-state index contributed by atoms with van der Waals surface area (Å²) in [7, 11) is 0. The third-order valence-electron chi connectivity index (χ3n) is 3.25. The van der Waals surface area contributed by atoms with Gasteiger partial charge < -0.3 is 11.1 Å². The van der Waals surface area contributed by atoms with Crippen molar-refractivity contribution in [1.82, 2.24) is 10.2 Å². The predicted octanol–water partition coefficient (Wildman–Crippen LogP) is -0.751. The highest BCUT2D eigenvalue weighted by Crippen LogP contribution is 2.28. The number of hydrogen-bond acceptors (Lipinski definition) is 4. The highest BCUT2D eigenvalue weighted by atomic mass is 32.2. The number of carbonyl (C=O) groups excluding carboxylic acids is 1. The number of hydrogen-bond donors (Lipinski definition) is 2. The average molecular weight is 215 g/mol. The van der Waals surface area contributed by atoms with Crippen molar-refractivity contribution in [2.45, 2.75) is 23.8 Å². The van der Waals surface area contributed by atoms with E-state index in [9.17, 15) is 4.79 Å². The van der Waals surface area contributed by atoms with E-state index in [4.69, 9.17) is 5.73 Å². The summed E-state index contributed by atoms with van der Waals surface area (Å²) in [5.41, 5.74) is 5.33. The van der Waals surface area contributed by atoms with E-state index < -0.39 is 0 Å². The number of nitrogens with zero attached hydrogens (tertiary/aromatic N) is 1. The quantitative estimate of drug-likeness (QED) is 0.650. The number of carbonyl (C=O) groups is 1. The van der Waals surface area contributed by atoms with Crippen molar-refractivity contribution in [3.8, 4) is 0 Å². The molecule has 0 radical (unpaired) electrons. The molecule has 80 valence electrons. The molecule has 14 heavy (non-hydrogen) atoms. The molecule has 2 fully saturated rings. The maximum atomic E-state index is 11.1. The van der Waals surface area contributed by atoms with E-state index in [-0.39, 0.29) is 11.9 Å². The van der Waals surface area contributed by atoms with E-state index in [0.717, 1.165) is 26.1 Å². The number of nitrogens with one attached hydrogen (secondary N) is 1. The van der Waals surface area contributed by atoms with Gasteiger partial charge in [0.2, 0.25) is 5.91 Å². The number of thioether (sulfide) groups is 1. The molecule has 0 aromatic rings. The molecule has 0 aromatic heterocycles. The van der Waals surface area contributed by atoms with Gasteiger partial charge in [-0.05, 0) is 12.7 Å². The van der Waals surface area contributed by atoms with Crippen LogP contribution in [0.1, 0.15) is 6.42 Å². The Kier molecular flexibility index (Phi) is 2.99. The first-order chi connectivity index (χ1) is 6.74. The van der Waals surface area contributed by atoms with Crippen LogP contribution in [-0.4, -0.2) is 54.0 Å². The zero-order valence-corrected chi connectivity index (χ0v) is 9.22. The molecule has 5 heteroatoms. The van der Waals surface area contributed by atoms with Crippen LogP contribution in [-0.2, 0) is 4.79 Å². The molecule has 0 saturated carbocycles. The monoisotopic (exact) mass is 215 g/mol. The average Bonchev–Trinajstić information content (AvgIpc) is 2.49. The third kappa shape index (κ3) is 1.64. The largest absolute Gasteiger partial charge is 0.368 e. The first kappa shape index (κ1) is 10.3. The van der Waals surface area contributed by atoms with Crippen LogP contribution >= 0.6 is 11.8 Å². The van der Waals surface area contributed by atoms with Gasteiger partial charge in [0.15, 0.2) is 0 Å². The fourth-order valence-corrected chi connectivity index (χ4v) is 3.17. The third-order valence-corrected chi connectivity index (χ3v) is 4.33. The van der Waals surface area contributed by atoms with Crippen LogP contribution in [0.25, 0.3) is 0 Å². The first-order valence-electron chi connectivity index (χ1n) is 5.02. The molecule has 2 saturated heterocycles. The van der Waals surface area contributed by atoms with Gasteiger partial charge in [-0.1, -0.05) is 0 Å². The second-order valence-corrected chi connectivity index (χ2v) is 5.02. The molecule has 0 spiro atoms. The molecular formula is C9H17N3OS. The summed E-state index contributed by atoms with van der Waals surface area (Å²) in [6.45, 7) is 3.07. The predicted molar refractivity (Wildman–Crippen MR) is 58.3 cm³/mol. The van der Waals surface area contributed by atoms with Crippen LogP contribution in [0.2, 0.25) is 0 Å². The summed E-state index contributed by atoms with van der Waals surface area (Å²) < 4.78 is 0. The van der Waals surface area contributed by atoms with Crippen molar-refractivity contribution in [1.29, 1.82) is 0 Å². The molecule has 1 amide bonds. The summed E-state index contributed by atoms with van der Waals surface area (Å²) in [5.74, 6) is -0.164. The number of primary amides is 1. The summed E-state index contributed by atoms with van der Waals surface area (Å²) in [5, 5.41) is 3.98. The van der Waals surface area contributed by atoms with Crippen molar-refractivity contribution in [3.05, 3.63) is 0 Å². The Morgan fingerprint density at radius 3 is 2.86 bits per heavy atom. The van der Waals surface area contributed by atoms with Crippen molar-refractivity contribution < 1.29 is 4.79 Å². The summed E-state index contributed by atoms with van der Waals surface area (Å²) >= 11 is 1.88. The van der Waals surface area contributed by atoms with Crippen molar-refractivity contribution in [2.75, 3.05) is 25.9 Å². The van der Waals surface area contributed by atoms with Gasteiger partial charge in [0.25, 0.3) is 0 Å². The number of likely N-dealkylation sites (tertiary alicyclic amines) is 1. The Balaban J connectivity index is 1.97. The van der Waals surface area contributed by atoms with Crippen LogP contribution in [0.15, 0.2) is 0 Å². The van der Waals surface area contributed by atoms with E-state index in [0.29, 0.717) is 11.3 Å². The molecule has 2 heterocycles. The Morgan fingerprint density at radius 1 is 1.57 bits per heavy atom. The summed E-state index contributed by atoms with van der Waals surface area (Å²) in [4.78, 5) is 13.4. The van der Waals surface area contributed by atoms with Crippen molar-refractivity contribution in [3.63, 3.8) is 0 Å². The van der Waals surface area contributed by atoms with E-state index in [2.05, 4.69) is 16.5 Å². The van der Waals surface area contributed by atoms with Crippen molar-refractivity contribution >= 4 is 17.7 Å². The van der Waals surface area contributed by atoms with E-state index in [1.54, 1.807) is 0 Å². The molecule has 3 N–H and O–H groups in total. The Morgan fingerprint density at radius 2 is 2.36 bits per heavy atom. The second kappa shape index (κ2) is 4.08. The van der Waals surface area contributed by atoms with Crippen LogP contribution in [0.4, 0.5) is 0 Å². The maximum Gasteiger partial charge on any atom is 0.234 e. The minimum Gasteiger partial charge on any atom is -0.368 e. The van der Waals surface area contributed by atoms with Gasteiger partial charge in [0.05, 0.1) is 6.04 Å². The SMILES string of the molecule is CSC1CNCC1N1CCC1C(N)=O. The number of rotatable bonds is 3. The second-order valence-electron chi connectivity index (χ2n) is 3.94. The minimum absolute atomic E-state index is 0.00505. The lowest BCUT2D eigenvalue weighted by atomic mass is 9.98. The normalized spacial score (nSPS) is 38.2. The molecule has 0 aliphatic carbocycles. The Hall–Kier alpha value is -0.260. The highest BCUT2D eigenvalue weighted by molar-refractivity contribution is 7.99. The molecule has 2 rings (SSSR count). The van der Waals surface area contributed by atoms with Gasteiger partial charge in [0, 0.05) is 30.9 Å². The smallest absolute Gasteiger partial charge is 0.234 e. The molecular weight excluding hydrogens is 198 g/mol. The Labute approximate surface area is 88.6 Å². The molecule has 0 bridgehead atoms. The summed E-state index contributed by atoms with van der Waals surface area (Å²) in [6.07, 6.45) is 3.07. The number of amides is 1. The fraction of sp³-hybridized carbons (Fsp3) is 0.889. The van der Waals surface area contributed by atoms with Gasteiger partial charge >= 0.3 is 0 Å². The molecule has 0 aromatic carbocycles.